The quantitative estimate of drug-likeness (QED) is 0.0623. The Kier molecular flexibility index (Phi) is 17.0. The van der Waals surface area contributed by atoms with E-state index in [4.69, 9.17) is 23.7 Å². The smallest absolute Gasteiger partial charge is 0.306 e. The molecule has 0 aromatic carbocycles. The zero-order valence-corrected chi connectivity index (χ0v) is 23.8. The highest BCUT2D eigenvalue weighted by Crippen LogP contribution is 2.26. The summed E-state index contributed by atoms with van der Waals surface area (Å²) in [7, 11) is 0. The maximum absolute atomic E-state index is 12.2. The first-order chi connectivity index (χ1) is 19.6. The normalized spacial score (nSPS) is 34.9. The molecule has 0 radical (unpaired) electrons. The predicted octanol–water partition coefficient (Wildman–Crippen LogP) is -1.55. The van der Waals surface area contributed by atoms with Crippen LogP contribution in [0.2, 0.25) is 0 Å². The highest BCUT2D eigenvalue weighted by Gasteiger charge is 2.47. The molecule has 2 saturated heterocycles. The minimum absolute atomic E-state index is 0.192. The first kappa shape index (κ1) is 36.2. The molecule has 0 aliphatic carbocycles. The molecule has 0 aromatic rings. The highest BCUT2D eigenvalue weighted by molar-refractivity contribution is 5.69. The Morgan fingerprint density at radius 2 is 1.20 bits per heavy atom. The number of hydrogen-bond acceptors (Lipinski definition) is 14. The second-order valence-corrected chi connectivity index (χ2v) is 10.8. The van der Waals surface area contributed by atoms with E-state index in [1.165, 1.54) is 32.1 Å². The molecule has 11 unspecified atom stereocenters. The largest absolute Gasteiger partial charge is 0.457 e. The van der Waals surface area contributed by atoms with Gasteiger partial charge in [-0.15, -0.1) is 0 Å². The molecule has 8 N–H and O–H groups in total. The molecule has 0 spiro atoms. The van der Waals surface area contributed by atoms with Crippen molar-refractivity contribution in [2.75, 3.05) is 26.4 Å². The van der Waals surface area contributed by atoms with Crippen molar-refractivity contribution in [3.05, 3.63) is 0 Å². The van der Waals surface area contributed by atoms with E-state index in [1.807, 2.05) is 0 Å². The summed E-state index contributed by atoms with van der Waals surface area (Å²) in [5.41, 5.74) is 0. The fraction of sp³-hybridized carbons (Fsp3) is 0.963. The van der Waals surface area contributed by atoms with E-state index in [9.17, 15) is 45.6 Å². The van der Waals surface area contributed by atoms with Gasteiger partial charge in [0.25, 0.3) is 0 Å². The van der Waals surface area contributed by atoms with E-state index in [-0.39, 0.29) is 13.0 Å². The SMILES string of the molecule is CCCCCCCCCCCC(=O)OC(CO)COC1OC(COC2OC(CO)C(O)C(O)C2O)C(O)C(O)C1O. The molecule has 2 aliphatic rings. The number of ether oxygens (including phenoxy) is 5. The Labute approximate surface area is 240 Å². The average Bonchev–Trinajstić information content (AvgIpc) is 2.97. The minimum Gasteiger partial charge on any atom is -0.457 e. The standard InChI is InChI=1S/C27H50O14/c1-2-3-4-5-6-7-8-9-10-11-19(30)39-16(12-28)14-37-26-25(36)23(34)21(32)18(41-26)15-38-27-24(35)22(33)20(31)17(13-29)40-27/h16-18,20-29,31-36H,2-15H2,1H3. The van der Waals surface area contributed by atoms with Gasteiger partial charge in [-0.1, -0.05) is 58.3 Å². The van der Waals surface area contributed by atoms with Crippen LogP contribution in [-0.4, -0.2) is 141 Å². The molecule has 41 heavy (non-hydrogen) atoms. The van der Waals surface area contributed by atoms with Crippen molar-refractivity contribution < 1.29 is 69.3 Å². The summed E-state index contributed by atoms with van der Waals surface area (Å²) in [5, 5.41) is 79.7. The van der Waals surface area contributed by atoms with Crippen LogP contribution in [0.3, 0.4) is 0 Å². The average molecular weight is 599 g/mol. The minimum atomic E-state index is -1.72. The summed E-state index contributed by atoms with van der Waals surface area (Å²) in [5.74, 6) is -0.498. The van der Waals surface area contributed by atoms with E-state index in [0.29, 0.717) is 6.42 Å². The summed E-state index contributed by atoms with van der Waals surface area (Å²) in [6, 6.07) is 0. The molecule has 14 nitrogen and oxygen atoms in total. The Hall–Kier alpha value is -1.01. The summed E-state index contributed by atoms with van der Waals surface area (Å²) in [4.78, 5) is 12.2. The van der Waals surface area contributed by atoms with Crippen LogP contribution in [0.4, 0.5) is 0 Å². The number of esters is 1. The molecule has 0 amide bonds. The van der Waals surface area contributed by atoms with Crippen LogP contribution >= 0.6 is 0 Å². The van der Waals surface area contributed by atoms with Crippen LogP contribution < -0.4 is 0 Å². The van der Waals surface area contributed by atoms with Crippen LogP contribution in [0, 0.1) is 0 Å². The number of rotatable bonds is 19. The lowest BCUT2D eigenvalue weighted by Crippen LogP contribution is -2.61. The van der Waals surface area contributed by atoms with Gasteiger partial charge >= 0.3 is 5.97 Å². The van der Waals surface area contributed by atoms with Crippen LogP contribution in [0.1, 0.15) is 71.1 Å². The summed E-state index contributed by atoms with van der Waals surface area (Å²) < 4.78 is 26.8. The number of aliphatic hydroxyl groups excluding tert-OH is 8. The third-order valence-corrected chi connectivity index (χ3v) is 7.37. The van der Waals surface area contributed by atoms with Crippen molar-refractivity contribution in [3.63, 3.8) is 0 Å². The number of hydrogen-bond donors (Lipinski definition) is 8. The van der Waals surface area contributed by atoms with E-state index in [1.54, 1.807) is 0 Å². The monoisotopic (exact) mass is 598 g/mol. The number of carbonyl (C=O) groups excluding carboxylic acids is 1. The summed E-state index contributed by atoms with van der Waals surface area (Å²) >= 11 is 0. The van der Waals surface area contributed by atoms with Crippen molar-refractivity contribution in [2.45, 2.75) is 139 Å². The Morgan fingerprint density at radius 1 is 0.683 bits per heavy atom. The zero-order valence-electron chi connectivity index (χ0n) is 23.8. The fourth-order valence-electron chi connectivity index (χ4n) is 4.74. The number of carbonyl (C=O) groups is 1. The molecule has 242 valence electrons. The van der Waals surface area contributed by atoms with Crippen molar-refractivity contribution in [1.29, 1.82) is 0 Å². The molecule has 2 rings (SSSR count). The zero-order chi connectivity index (χ0) is 30.4. The third-order valence-electron chi connectivity index (χ3n) is 7.37. The lowest BCUT2D eigenvalue weighted by Gasteiger charge is -2.42. The Bertz CT molecular complexity index is 712. The second-order valence-electron chi connectivity index (χ2n) is 10.8. The molecule has 0 aromatic heterocycles. The van der Waals surface area contributed by atoms with Crippen LogP contribution in [0.25, 0.3) is 0 Å². The Morgan fingerprint density at radius 3 is 1.76 bits per heavy atom. The molecule has 2 fully saturated rings. The molecule has 11 atom stereocenters. The van der Waals surface area contributed by atoms with E-state index < -0.39 is 93.3 Å². The van der Waals surface area contributed by atoms with Gasteiger partial charge in [-0.05, 0) is 6.42 Å². The molecular formula is C27H50O14. The van der Waals surface area contributed by atoms with Crippen molar-refractivity contribution in [2.24, 2.45) is 0 Å². The van der Waals surface area contributed by atoms with Crippen molar-refractivity contribution in [3.8, 4) is 0 Å². The molecule has 2 aliphatic heterocycles. The topological polar surface area (TPSA) is 225 Å². The first-order valence-electron chi connectivity index (χ1n) is 14.7. The number of aliphatic hydroxyl groups is 8. The van der Waals surface area contributed by atoms with Gasteiger partial charge in [-0.3, -0.25) is 4.79 Å². The van der Waals surface area contributed by atoms with Crippen molar-refractivity contribution >= 4 is 5.97 Å². The fourth-order valence-corrected chi connectivity index (χ4v) is 4.74. The molecule has 0 saturated carbocycles. The molecule has 2 heterocycles. The van der Waals surface area contributed by atoms with Crippen LogP contribution in [0.5, 0.6) is 0 Å². The van der Waals surface area contributed by atoms with Gasteiger partial charge < -0.3 is 64.5 Å². The van der Waals surface area contributed by atoms with Crippen molar-refractivity contribution in [1.82, 2.24) is 0 Å². The van der Waals surface area contributed by atoms with Gasteiger partial charge in [0.1, 0.15) is 54.9 Å². The van der Waals surface area contributed by atoms with Crippen LogP contribution in [-0.2, 0) is 28.5 Å². The molecule has 14 heteroatoms. The maximum Gasteiger partial charge on any atom is 0.306 e. The first-order valence-corrected chi connectivity index (χ1v) is 14.7. The third kappa shape index (κ3) is 11.5. The maximum atomic E-state index is 12.2. The predicted molar refractivity (Wildman–Crippen MR) is 141 cm³/mol. The van der Waals surface area contributed by atoms with Gasteiger partial charge in [0.2, 0.25) is 0 Å². The van der Waals surface area contributed by atoms with Gasteiger partial charge in [0, 0.05) is 6.42 Å². The van der Waals surface area contributed by atoms with E-state index in [0.717, 1.165) is 19.3 Å². The molecule has 0 bridgehead atoms. The number of unbranched alkanes of at least 4 members (excludes halogenated alkanes) is 8. The summed E-state index contributed by atoms with van der Waals surface area (Å²) in [6.45, 7) is 0.0842. The molecular weight excluding hydrogens is 548 g/mol. The van der Waals surface area contributed by atoms with E-state index in [2.05, 4.69) is 6.92 Å². The van der Waals surface area contributed by atoms with Gasteiger partial charge in [-0.25, -0.2) is 0 Å². The lowest BCUT2D eigenvalue weighted by molar-refractivity contribution is -0.332. The van der Waals surface area contributed by atoms with Gasteiger partial charge in [-0.2, -0.15) is 0 Å². The van der Waals surface area contributed by atoms with Gasteiger partial charge in [0.15, 0.2) is 12.6 Å². The lowest BCUT2D eigenvalue weighted by atomic mass is 9.98. The Balaban J connectivity index is 1.76. The van der Waals surface area contributed by atoms with Crippen LogP contribution in [0.15, 0.2) is 0 Å². The van der Waals surface area contributed by atoms with Gasteiger partial charge in [0.05, 0.1) is 26.4 Å². The second kappa shape index (κ2) is 19.3. The summed E-state index contributed by atoms with van der Waals surface area (Å²) in [6.07, 6.45) is -6.49. The highest BCUT2D eigenvalue weighted by atomic mass is 16.7. The van der Waals surface area contributed by atoms with E-state index >= 15 is 0 Å².